The second-order valence-corrected chi connectivity index (χ2v) is 7.76. The molecule has 0 saturated carbocycles. The van der Waals surface area contributed by atoms with Gasteiger partial charge in [0, 0.05) is 18.5 Å². The molecule has 1 atom stereocenters. The molecule has 8 nitrogen and oxygen atoms in total. The topological polar surface area (TPSA) is 120 Å². The van der Waals surface area contributed by atoms with Gasteiger partial charge < -0.3 is 20.7 Å². The summed E-state index contributed by atoms with van der Waals surface area (Å²) in [5.74, 6) is -0.286. The molecule has 0 fully saturated rings. The first-order valence-corrected chi connectivity index (χ1v) is 9.76. The van der Waals surface area contributed by atoms with Gasteiger partial charge in [-0.1, -0.05) is 0 Å². The monoisotopic (exact) mass is 384 g/mol. The van der Waals surface area contributed by atoms with E-state index in [1.54, 1.807) is 31.4 Å². The van der Waals surface area contributed by atoms with E-state index in [1.807, 2.05) is 6.07 Å². The molecule has 0 spiro atoms. The first-order chi connectivity index (χ1) is 11.7. The fourth-order valence-electron chi connectivity index (χ4n) is 1.85. The molecule has 0 aliphatic rings. The first-order valence-electron chi connectivity index (χ1n) is 7.29. The maximum atomic E-state index is 12.1. The van der Waals surface area contributed by atoms with Crippen molar-refractivity contribution >= 4 is 38.8 Å². The second-order valence-electron chi connectivity index (χ2n) is 5.17. The lowest BCUT2D eigenvalue weighted by Crippen LogP contribution is -2.51. The number of sulfone groups is 1. The van der Waals surface area contributed by atoms with E-state index in [0.29, 0.717) is 11.4 Å². The molecule has 10 heteroatoms. The van der Waals surface area contributed by atoms with E-state index in [2.05, 4.69) is 16.0 Å². The highest BCUT2D eigenvalue weighted by atomic mass is 32.2. The second kappa shape index (κ2) is 9.80. The SMILES string of the molecule is COc1ccc(NC(=S)NC(CS(C)(=O)=O)C(=O)NCCC#N)cc1. The van der Waals surface area contributed by atoms with Crippen LogP contribution >= 0.6 is 12.2 Å². The zero-order valence-electron chi connectivity index (χ0n) is 13.9. The minimum Gasteiger partial charge on any atom is -0.497 e. The Kier molecular flexibility index (Phi) is 8.10. The van der Waals surface area contributed by atoms with Crippen LogP contribution in [-0.4, -0.2) is 51.1 Å². The van der Waals surface area contributed by atoms with Crippen LogP contribution in [0.15, 0.2) is 24.3 Å². The van der Waals surface area contributed by atoms with Crippen LogP contribution in [0.4, 0.5) is 5.69 Å². The number of carbonyl (C=O) groups excluding carboxylic acids is 1. The van der Waals surface area contributed by atoms with E-state index >= 15 is 0 Å². The van der Waals surface area contributed by atoms with Crippen molar-refractivity contribution in [3.63, 3.8) is 0 Å². The Morgan fingerprint density at radius 2 is 2.00 bits per heavy atom. The molecule has 1 unspecified atom stereocenters. The normalized spacial score (nSPS) is 11.7. The standard InChI is InChI=1S/C15H20N4O4S2/c1-23-12-6-4-11(5-7-12)18-15(24)19-13(10-25(2,21)22)14(20)17-9-3-8-16/h4-7,13H,3,9-10H2,1-2H3,(H,17,20)(H2,18,19,24). The maximum absolute atomic E-state index is 12.1. The summed E-state index contributed by atoms with van der Waals surface area (Å²) in [5.41, 5.74) is 0.654. The molecule has 0 bridgehead atoms. The quantitative estimate of drug-likeness (QED) is 0.436. The van der Waals surface area contributed by atoms with E-state index in [1.165, 1.54) is 0 Å². The number of anilines is 1. The van der Waals surface area contributed by atoms with Gasteiger partial charge in [0.25, 0.3) is 0 Å². The lowest BCUT2D eigenvalue weighted by molar-refractivity contribution is -0.122. The summed E-state index contributed by atoms with van der Waals surface area (Å²) in [5, 5.41) is 16.7. The van der Waals surface area contributed by atoms with Gasteiger partial charge in [0.1, 0.15) is 21.6 Å². The number of thiocarbonyl (C=S) groups is 1. The molecule has 25 heavy (non-hydrogen) atoms. The Bertz CT molecular complexity index is 742. The molecule has 1 amide bonds. The Morgan fingerprint density at radius 3 is 2.52 bits per heavy atom. The highest BCUT2D eigenvalue weighted by Gasteiger charge is 2.23. The number of carbonyl (C=O) groups is 1. The van der Waals surface area contributed by atoms with Crippen molar-refractivity contribution in [2.45, 2.75) is 12.5 Å². The molecule has 0 saturated heterocycles. The predicted octanol–water partition coefficient (Wildman–Crippen LogP) is 0.425. The number of ether oxygens (including phenoxy) is 1. The van der Waals surface area contributed by atoms with Crippen LogP contribution in [0, 0.1) is 11.3 Å². The molecular formula is C15H20N4O4S2. The Labute approximate surface area is 152 Å². The lowest BCUT2D eigenvalue weighted by atomic mass is 10.3. The van der Waals surface area contributed by atoms with Crippen LogP contribution in [-0.2, 0) is 14.6 Å². The zero-order chi connectivity index (χ0) is 18.9. The smallest absolute Gasteiger partial charge is 0.243 e. The average Bonchev–Trinajstić information content (AvgIpc) is 2.53. The van der Waals surface area contributed by atoms with Crippen LogP contribution in [0.1, 0.15) is 6.42 Å². The summed E-state index contributed by atoms with van der Waals surface area (Å²) in [4.78, 5) is 12.1. The van der Waals surface area contributed by atoms with Crippen LogP contribution in [0.5, 0.6) is 5.75 Å². The van der Waals surface area contributed by atoms with Crippen molar-refractivity contribution in [3.05, 3.63) is 24.3 Å². The largest absolute Gasteiger partial charge is 0.497 e. The molecule has 1 aromatic carbocycles. The van der Waals surface area contributed by atoms with Crippen LogP contribution in [0.2, 0.25) is 0 Å². The van der Waals surface area contributed by atoms with Gasteiger partial charge in [-0.25, -0.2) is 8.42 Å². The van der Waals surface area contributed by atoms with Crippen LogP contribution in [0.3, 0.4) is 0 Å². The van der Waals surface area contributed by atoms with Gasteiger partial charge >= 0.3 is 0 Å². The molecule has 0 aliphatic heterocycles. The molecule has 1 rings (SSSR count). The van der Waals surface area contributed by atoms with E-state index in [-0.39, 0.29) is 18.1 Å². The molecule has 0 aliphatic carbocycles. The molecule has 0 heterocycles. The summed E-state index contributed by atoms with van der Waals surface area (Å²) < 4.78 is 28.1. The Morgan fingerprint density at radius 1 is 1.36 bits per heavy atom. The number of benzene rings is 1. The third-order valence-corrected chi connectivity index (χ3v) is 4.13. The number of nitrogens with zero attached hydrogens (tertiary/aromatic N) is 1. The predicted molar refractivity (Wildman–Crippen MR) is 99.1 cm³/mol. The van der Waals surface area contributed by atoms with Gasteiger partial charge in [-0.15, -0.1) is 0 Å². The van der Waals surface area contributed by atoms with E-state index in [4.69, 9.17) is 22.2 Å². The Hall–Kier alpha value is -2.38. The third kappa shape index (κ3) is 8.32. The zero-order valence-corrected chi connectivity index (χ0v) is 15.5. The summed E-state index contributed by atoms with van der Waals surface area (Å²) >= 11 is 5.14. The van der Waals surface area contributed by atoms with Gasteiger partial charge in [0.05, 0.1) is 25.4 Å². The number of nitriles is 1. The van der Waals surface area contributed by atoms with E-state index in [0.717, 1.165) is 6.26 Å². The molecule has 1 aromatic rings. The lowest BCUT2D eigenvalue weighted by Gasteiger charge is -2.19. The molecule has 0 aromatic heterocycles. The number of nitrogens with one attached hydrogen (secondary N) is 3. The maximum Gasteiger partial charge on any atom is 0.243 e. The van der Waals surface area contributed by atoms with Crippen molar-refractivity contribution < 1.29 is 17.9 Å². The number of rotatable bonds is 8. The van der Waals surface area contributed by atoms with Crippen molar-refractivity contribution in [3.8, 4) is 11.8 Å². The van der Waals surface area contributed by atoms with Crippen molar-refractivity contribution in [2.24, 2.45) is 0 Å². The van der Waals surface area contributed by atoms with Crippen molar-refractivity contribution in [1.82, 2.24) is 10.6 Å². The van der Waals surface area contributed by atoms with E-state index < -0.39 is 27.5 Å². The molecule has 3 N–H and O–H groups in total. The first kappa shape index (κ1) is 20.7. The van der Waals surface area contributed by atoms with Crippen molar-refractivity contribution in [1.29, 1.82) is 5.26 Å². The van der Waals surface area contributed by atoms with Gasteiger partial charge in [-0.05, 0) is 36.5 Å². The highest BCUT2D eigenvalue weighted by Crippen LogP contribution is 2.14. The summed E-state index contributed by atoms with van der Waals surface area (Å²) in [7, 11) is -1.87. The van der Waals surface area contributed by atoms with Gasteiger partial charge in [0.2, 0.25) is 5.91 Å². The van der Waals surface area contributed by atoms with E-state index in [9.17, 15) is 13.2 Å². The minimum atomic E-state index is -3.42. The van der Waals surface area contributed by atoms with Crippen LogP contribution < -0.4 is 20.7 Å². The number of hydrogen-bond acceptors (Lipinski definition) is 6. The summed E-state index contributed by atoms with van der Waals surface area (Å²) in [6.07, 6.45) is 1.16. The Balaban J connectivity index is 2.72. The molecule has 0 radical (unpaired) electrons. The number of amides is 1. The highest BCUT2D eigenvalue weighted by molar-refractivity contribution is 7.90. The van der Waals surface area contributed by atoms with Gasteiger partial charge in [0.15, 0.2) is 5.11 Å². The minimum absolute atomic E-state index is 0.106. The fourth-order valence-corrected chi connectivity index (χ4v) is 2.95. The van der Waals surface area contributed by atoms with Crippen molar-refractivity contribution in [2.75, 3.05) is 31.0 Å². The third-order valence-electron chi connectivity index (χ3n) is 2.98. The van der Waals surface area contributed by atoms with Gasteiger partial charge in [-0.2, -0.15) is 5.26 Å². The molecule has 136 valence electrons. The average molecular weight is 384 g/mol. The summed E-state index contributed by atoms with van der Waals surface area (Å²) in [6.45, 7) is 0.135. The fraction of sp³-hybridized carbons (Fsp3) is 0.400. The number of methoxy groups -OCH3 is 1. The number of hydrogen-bond donors (Lipinski definition) is 3. The van der Waals surface area contributed by atoms with Crippen LogP contribution in [0.25, 0.3) is 0 Å². The summed E-state index contributed by atoms with van der Waals surface area (Å²) in [6, 6.07) is 7.74. The molecular weight excluding hydrogens is 364 g/mol. The van der Waals surface area contributed by atoms with Gasteiger partial charge in [-0.3, -0.25) is 4.79 Å².